The molecule has 96 heavy (non-hydrogen) atoms. The zero-order chi connectivity index (χ0) is 68.2. The zero-order valence-corrected chi connectivity index (χ0v) is 65.1. The highest BCUT2D eigenvalue weighted by Gasteiger charge is 2.50. The van der Waals surface area contributed by atoms with Crippen molar-refractivity contribution in [3.8, 4) is 30.2 Å². The van der Waals surface area contributed by atoms with Gasteiger partial charge >= 0.3 is 0 Å². The summed E-state index contributed by atoms with van der Waals surface area (Å²) in [6, 6.07) is 23.8. The summed E-state index contributed by atoms with van der Waals surface area (Å²) in [5, 5.41) is 4.65. The third-order valence-electron chi connectivity index (χ3n) is 20.9. The number of amides is 2. The van der Waals surface area contributed by atoms with Crippen LogP contribution in [0.25, 0.3) is 63.4 Å². The molecule has 0 spiro atoms. The smallest absolute Gasteiger partial charge is 0.261 e. The summed E-state index contributed by atoms with van der Waals surface area (Å²) in [6.07, 6.45) is 45.6. The van der Waals surface area contributed by atoms with E-state index in [0.29, 0.717) is 42.1 Å². The van der Waals surface area contributed by atoms with E-state index < -0.39 is 0 Å². The summed E-state index contributed by atoms with van der Waals surface area (Å²) >= 11 is 6.94. The van der Waals surface area contributed by atoms with Gasteiger partial charge in [0.2, 0.25) is 0 Å². The first-order chi connectivity index (χ1) is 46.5. The fourth-order valence-electron chi connectivity index (χ4n) is 15.1. The molecule has 11 heteroatoms. The Morgan fingerprint density at radius 3 is 1.21 bits per heavy atom. The van der Waals surface area contributed by atoms with Gasteiger partial charge in [-0.25, -0.2) is 9.97 Å². The van der Waals surface area contributed by atoms with Crippen LogP contribution >= 0.6 is 45.3 Å². The predicted molar refractivity (Wildman–Crippen MR) is 421 cm³/mol. The zero-order valence-electron chi connectivity index (χ0n) is 61.8. The highest BCUT2D eigenvalue weighted by Crippen LogP contribution is 2.52. The molecule has 2 aliphatic rings. The van der Waals surface area contributed by atoms with Gasteiger partial charge in [-0.05, 0) is 109 Å². The summed E-state index contributed by atoms with van der Waals surface area (Å²) in [4.78, 5) is 53.7. The molecule has 2 atom stereocenters. The van der Waals surface area contributed by atoms with Crippen LogP contribution in [-0.4, -0.2) is 49.2 Å². The van der Waals surface area contributed by atoms with E-state index in [2.05, 4.69) is 164 Å². The van der Waals surface area contributed by atoms with E-state index in [0.717, 1.165) is 84.3 Å². The van der Waals surface area contributed by atoms with E-state index in [1.54, 1.807) is 45.3 Å². The molecule has 0 aliphatic carbocycles. The largest absolute Gasteiger partial charge is 0.337 e. The Labute approximate surface area is 597 Å². The van der Waals surface area contributed by atoms with Crippen LogP contribution in [0.3, 0.4) is 0 Å². The van der Waals surface area contributed by atoms with Crippen molar-refractivity contribution in [2.24, 2.45) is 11.8 Å². The number of unbranched alkanes of at least 4 members (excludes halogenated alkanes) is 22. The van der Waals surface area contributed by atoms with Crippen molar-refractivity contribution in [2.45, 2.75) is 318 Å². The minimum atomic E-state index is -0.0146. The Kier molecular flexibility index (Phi) is 29.2. The average Bonchev–Trinajstić information content (AvgIpc) is 1.56. The average molecular weight is 1380 g/mol. The van der Waals surface area contributed by atoms with Crippen LogP contribution in [0, 0.1) is 11.8 Å². The van der Waals surface area contributed by atoms with Crippen molar-refractivity contribution in [1.29, 1.82) is 0 Å². The molecule has 0 saturated heterocycles. The molecule has 7 aromatic rings. The van der Waals surface area contributed by atoms with E-state index in [-0.39, 0.29) is 22.6 Å². The number of fused-ring (bicyclic) bond motifs is 4. The number of carbonyl (C=O) groups excluding carboxylic acids is 2. The Hall–Kier alpha value is -4.68. The number of hydrogen-bond donors (Lipinski definition) is 0. The van der Waals surface area contributed by atoms with E-state index >= 15 is 9.59 Å². The maximum Gasteiger partial charge on any atom is 0.261 e. The molecular weight excluding hydrogens is 1250 g/mol. The Balaban J connectivity index is 1.15. The Morgan fingerprint density at radius 2 is 0.771 bits per heavy atom. The van der Waals surface area contributed by atoms with Gasteiger partial charge in [-0.1, -0.05) is 287 Å². The van der Waals surface area contributed by atoms with Crippen LogP contribution < -0.4 is 0 Å². The first kappa shape index (κ1) is 75.5. The lowest BCUT2D eigenvalue weighted by Crippen LogP contribution is -2.34. The van der Waals surface area contributed by atoms with Crippen molar-refractivity contribution in [3.63, 3.8) is 0 Å². The topological polar surface area (TPSA) is 71.3 Å². The molecule has 0 radical (unpaired) electrons. The highest BCUT2D eigenvalue weighted by atomic mass is 32.1. The quantitative estimate of drug-likeness (QED) is 0.0357. The molecule has 2 aromatic carbocycles. The summed E-state index contributed by atoms with van der Waals surface area (Å²) in [5.74, 6) is 0.668. The molecule has 2 aliphatic heterocycles. The number of nitrogens with zero attached hydrogens (tertiary/aromatic N) is 5. The molecule has 524 valence electrons. The van der Waals surface area contributed by atoms with Gasteiger partial charge in [-0.2, -0.15) is 0 Å². The van der Waals surface area contributed by atoms with Gasteiger partial charge in [-0.3, -0.25) is 9.59 Å². The lowest BCUT2D eigenvalue weighted by Gasteiger charge is -2.29. The van der Waals surface area contributed by atoms with Crippen molar-refractivity contribution >= 4 is 90.4 Å². The van der Waals surface area contributed by atoms with Gasteiger partial charge in [0.25, 0.3) is 11.8 Å². The number of hydrogen-bond acceptors (Lipinski definition) is 8. The Bertz CT molecular complexity index is 3610. The van der Waals surface area contributed by atoms with Gasteiger partial charge in [-0.15, -0.1) is 45.3 Å². The molecule has 0 N–H and O–H groups in total. The van der Waals surface area contributed by atoms with Crippen molar-refractivity contribution < 1.29 is 9.59 Å². The second-order valence-electron chi connectivity index (χ2n) is 30.9. The third kappa shape index (κ3) is 19.4. The van der Waals surface area contributed by atoms with Gasteiger partial charge in [0.05, 0.1) is 52.4 Å². The van der Waals surface area contributed by atoms with Crippen LogP contribution in [0.1, 0.15) is 328 Å². The van der Waals surface area contributed by atoms with E-state index in [1.165, 1.54) is 218 Å². The van der Waals surface area contributed by atoms with Crippen molar-refractivity contribution in [2.75, 3.05) is 13.1 Å². The molecule has 5 aromatic heterocycles. The lowest BCUT2D eigenvalue weighted by atomic mass is 9.86. The lowest BCUT2D eigenvalue weighted by molar-refractivity contribution is -0.124. The van der Waals surface area contributed by atoms with Crippen molar-refractivity contribution in [1.82, 2.24) is 24.3 Å². The fraction of sp³-hybridized carbons (Fsp3) is 0.624. The first-order valence-corrected chi connectivity index (χ1v) is 42.1. The number of benzene rings is 2. The normalized spacial score (nSPS) is 14.6. The predicted octanol–water partition coefficient (Wildman–Crippen LogP) is 27.4. The highest BCUT2D eigenvalue weighted by molar-refractivity contribution is 7.24. The SMILES string of the molecule is CCCCCCCCC(CCCCCC)CN1C(=O)C2=C(c3ccc(-c4ncc(C(C)(C)C)s4)s3)N(CC(CCCCCC)CCCCCCCC)C(=O)C2=C1c1ccc(-c2ncc(-c3ccc4c5ccc(C(C)(C)C)cc5n(C(CCCCCC)CCCCCC)c4c3)s2)s1. The maximum absolute atomic E-state index is 16.3. The second kappa shape index (κ2) is 37.1. The summed E-state index contributed by atoms with van der Waals surface area (Å²) in [5.41, 5.74) is 8.19. The fourth-order valence-corrected chi connectivity index (χ4v) is 19.2. The summed E-state index contributed by atoms with van der Waals surface area (Å²) in [6.45, 7) is 28.9. The molecule has 0 fully saturated rings. The van der Waals surface area contributed by atoms with Crippen LogP contribution in [-0.2, 0) is 20.4 Å². The van der Waals surface area contributed by atoms with E-state index in [9.17, 15) is 0 Å². The standard InChI is InChI=1S/C85H123N5O2S4/c1-13-19-25-31-33-37-43-61(41-35-27-21-15-3)59-88-78(76-77(83(88)92)79(71-52-54-73(94-71)81-87-58-75(96-81)85(10,11)12)89(82(76)91)60-62(42-36-28-22-16-4)44-38-34-32-26-20-14-2)70-51-53-72(93-70)80-86-57-74(95-80)63-47-49-66-67-50-48-64(84(7,8)9)56-69(67)90(68(66)55-63)65(45-39-29-23-17-5)46-40-30-24-18-6/h47-58,61-62,65H,13-46,59-60H2,1-12H3. The monoisotopic (exact) mass is 1370 g/mol. The second-order valence-corrected chi connectivity index (χ2v) is 35.1. The van der Waals surface area contributed by atoms with Crippen LogP contribution in [0.4, 0.5) is 0 Å². The van der Waals surface area contributed by atoms with Gasteiger partial charge in [0.15, 0.2) is 0 Å². The molecule has 7 nitrogen and oxygen atoms in total. The minimum Gasteiger partial charge on any atom is -0.337 e. The molecule has 7 heterocycles. The van der Waals surface area contributed by atoms with Crippen LogP contribution in [0.5, 0.6) is 0 Å². The molecule has 0 bridgehead atoms. The first-order valence-electron chi connectivity index (χ1n) is 38.9. The van der Waals surface area contributed by atoms with E-state index in [1.807, 2.05) is 6.20 Å². The number of thiazole rings is 2. The third-order valence-corrected chi connectivity index (χ3v) is 25.9. The van der Waals surface area contributed by atoms with Gasteiger partial charge < -0.3 is 14.4 Å². The number of rotatable bonds is 44. The molecule has 2 unspecified atom stereocenters. The van der Waals surface area contributed by atoms with Crippen molar-refractivity contribution in [3.05, 3.63) is 104 Å². The minimum absolute atomic E-state index is 0.0000633. The number of aromatic nitrogens is 3. The number of carbonyl (C=O) groups is 2. The maximum atomic E-state index is 16.3. The van der Waals surface area contributed by atoms with Crippen LogP contribution in [0.2, 0.25) is 0 Å². The molecule has 9 rings (SSSR count). The summed E-state index contributed by atoms with van der Waals surface area (Å²) in [7, 11) is 0. The van der Waals surface area contributed by atoms with Crippen LogP contribution in [0.15, 0.2) is 84.2 Å². The molecular formula is C85H123N5O2S4. The Morgan fingerprint density at radius 1 is 0.385 bits per heavy atom. The van der Waals surface area contributed by atoms with Gasteiger partial charge in [0, 0.05) is 52.7 Å². The number of thiophene rings is 2. The summed E-state index contributed by atoms with van der Waals surface area (Å²) < 4.78 is 2.77. The molecule has 2 amide bonds. The van der Waals surface area contributed by atoms with E-state index in [4.69, 9.17) is 9.97 Å². The van der Waals surface area contributed by atoms with Gasteiger partial charge in [0.1, 0.15) is 10.0 Å². The molecule has 0 saturated carbocycles.